The number of carbonyl (C=O) groups excluding carboxylic acids is 1. The SMILES string of the molecule is COC[C@H]1[C@H](NC(=O)c2cc(-c3ccccc3)on2)[C@H]2CCO[C@H]21. The molecule has 0 bridgehead atoms. The molecule has 1 aliphatic heterocycles. The number of carbonyl (C=O) groups is 1. The minimum Gasteiger partial charge on any atom is -0.384 e. The zero-order valence-electron chi connectivity index (χ0n) is 13.5. The van der Waals surface area contributed by atoms with Crippen LogP contribution in [0.25, 0.3) is 11.3 Å². The molecule has 2 aliphatic rings. The average molecular weight is 328 g/mol. The first-order valence-electron chi connectivity index (χ1n) is 8.21. The van der Waals surface area contributed by atoms with Crippen molar-refractivity contribution in [3.8, 4) is 11.3 Å². The summed E-state index contributed by atoms with van der Waals surface area (Å²) in [4.78, 5) is 12.5. The molecule has 0 spiro atoms. The molecule has 2 fully saturated rings. The van der Waals surface area contributed by atoms with E-state index in [1.807, 2.05) is 30.3 Å². The van der Waals surface area contributed by atoms with Crippen molar-refractivity contribution < 1.29 is 18.8 Å². The third-order valence-corrected chi connectivity index (χ3v) is 4.99. The molecule has 1 N–H and O–H groups in total. The van der Waals surface area contributed by atoms with Gasteiger partial charge in [-0.1, -0.05) is 35.5 Å². The Morgan fingerprint density at radius 2 is 2.21 bits per heavy atom. The van der Waals surface area contributed by atoms with Crippen LogP contribution in [0.4, 0.5) is 0 Å². The highest BCUT2D eigenvalue weighted by Gasteiger charge is 2.54. The quantitative estimate of drug-likeness (QED) is 0.910. The molecule has 0 unspecified atom stereocenters. The zero-order chi connectivity index (χ0) is 16.5. The first-order valence-corrected chi connectivity index (χ1v) is 8.21. The lowest BCUT2D eigenvalue weighted by atomic mass is 9.67. The summed E-state index contributed by atoms with van der Waals surface area (Å²) in [5.74, 6) is 0.948. The van der Waals surface area contributed by atoms with E-state index in [-0.39, 0.29) is 24.0 Å². The van der Waals surface area contributed by atoms with Crippen LogP contribution in [-0.2, 0) is 9.47 Å². The highest BCUT2D eigenvalue weighted by atomic mass is 16.5. The molecule has 1 saturated heterocycles. The molecule has 1 aromatic heterocycles. The lowest BCUT2D eigenvalue weighted by molar-refractivity contribution is -0.0810. The summed E-state index contributed by atoms with van der Waals surface area (Å²) in [5.41, 5.74) is 1.20. The van der Waals surface area contributed by atoms with Crippen molar-refractivity contribution in [3.63, 3.8) is 0 Å². The Labute approximate surface area is 140 Å². The van der Waals surface area contributed by atoms with Gasteiger partial charge in [-0.2, -0.15) is 0 Å². The van der Waals surface area contributed by atoms with Gasteiger partial charge >= 0.3 is 0 Å². The number of nitrogens with zero attached hydrogens (tertiary/aromatic N) is 1. The summed E-state index contributed by atoms with van der Waals surface area (Å²) in [6.07, 6.45) is 1.18. The van der Waals surface area contributed by atoms with Crippen molar-refractivity contribution >= 4 is 5.91 Å². The van der Waals surface area contributed by atoms with Crippen molar-refractivity contribution in [2.75, 3.05) is 20.3 Å². The summed E-state index contributed by atoms with van der Waals surface area (Å²) >= 11 is 0. The van der Waals surface area contributed by atoms with E-state index in [1.165, 1.54) is 0 Å². The van der Waals surface area contributed by atoms with Crippen molar-refractivity contribution in [3.05, 3.63) is 42.1 Å². The van der Waals surface area contributed by atoms with Crippen LogP contribution in [-0.4, -0.2) is 43.5 Å². The van der Waals surface area contributed by atoms with Crippen LogP contribution < -0.4 is 5.32 Å². The van der Waals surface area contributed by atoms with Gasteiger partial charge in [-0.3, -0.25) is 4.79 Å². The molecule has 0 radical (unpaired) electrons. The Morgan fingerprint density at radius 3 is 3.00 bits per heavy atom. The number of nitrogens with one attached hydrogen (secondary N) is 1. The fraction of sp³-hybridized carbons (Fsp3) is 0.444. The van der Waals surface area contributed by atoms with Crippen molar-refractivity contribution in [2.45, 2.75) is 18.6 Å². The Balaban J connectivity index is 1.46. The highest BCUT2D eigenvalue weighted by molar-refractivity contribution is 5.93. The summed E-state index contributed by atoms with van der Waals surface area (Å²) in [6, 6.07) is 11.4. The molecule has 4 atom stereocenters. The third kappa shape index (κ3) is 2.61. The number of benzene rings is 1. The first kappa shape index (κ1) is 15.4. The lowest BCUT2D eigenvalue weighted by Gasteiger charge is -2.47. The number of hydrogen-bond donors (Lipinski definition) is 1. The van der Waals surface area contributed by atoms with E-state index in [2.05, 4.69) is 10.5 Å². The van der Waals surface area contributed by atoms with Crippen LogP contribution in [0, 0.1) is 11.8 Å². The maximum Gasteiger partial charge on any atom is 0.273 e. The molecule has 1 saturated carbocycles. The van der Waals surface area contributed by atoms with Gasteiger partial charge in [0, 0.05) is 43.2 Å². The summed E-state index contributed by atoms with van der Waals surface area (Å²) < 4.78 is 16.3. The van der Waals surface area contributed by atoms with Crippen molar-refractivity contribution in [2.24, 2.45) is 11.8 Å². The van der Waals surface area contributed by atoms with Crippen molar-refractivity contribution in [1.29, 1.82) is 0 Å². The zero-order valence-corrected chi connectivity index (χ0v) is 13.5. The molecule has 2 heterocycles. The van der Waals surface area contributed by atoms with Gasteiger partial charge in [-0.15, -0.1) is 0 Å². The molecule has 24 heavy (non-hydrogen) atoms. The maximum atomic E-state index is 12.5. The molecule has 126 valence electrons. The Hall–Kier alpha value is -2.18. The Bertz CT molecular complexity index is 715. The van der Waals surface area contributed by atoms with Gasteiger partial charge in [0.15, 0.2) is 11.5 Å². The van der Waals surface area contributed by atoms with Crippen LogP contribution in [0.3, 0.4) is 0 Å². The molecule has 1 aliphatic carbocycles. The normalized spacial score (nSPS) is 28.2. The van der Waals surface area contributed by atoms with Crippen LogP contribution in [0.2, 0.25) is 0 Å². The van der Waals surface area contributed by atoms with Gasteiger partial charge in [0.05, 0.1) is 12.7 Å². The van der Waals surface area contributed by atoms with E-state index in [0.29, 0.717) is 24.0 Å². The average Bonchev–Trinajstić information content (AvgIpc) is 3.26. The van der Waals surface area contributed by atoms with Crippen LogP contribution in [0.5, 0.6) is 0 Å². The first-order chi connectivity index (χ1) is 11.8. The third-order valence-electron chi connectivity index (χ3n) is 4.99. The van der Waals surface area contributed by atoms with Crippen LogP contribution >= 0.6 is 0 Å². The van der Waals surface area contributed by atoms with E-state index in [0.717, 1.165) is 18.6 Å². The van der Waals surface area contributed by atoms with Gasteiger partial charge in [-0.25, -0.2) is 0 Å². The minimum absolute atomic E-state index is 0.0711. The largest absolute Gasteiger partial charge is 0.384 e. The number of amides is 1. The van der Waals surface area contributed by atoms with Gasteiger partial charge in [0.25, 0.3) is 5.91 Å². The molecule has 1 aromatic carbocycles. The number of aromatic nitrogens is 1. The topological polar surface area (TPSA) is 73.6 Å². The summed E-state index contributed by atoms with van der Waals surface area (Å²) in [5, 5.41) is 6.99. The monoisotopic (exact) mass is 328 g/mol. The van der Waals surface area contributed by atoms with E-state index in [4.69, 9.17) is 14.0 Å². The molecular formula is C18H20N2O4. The van der Waals surface area contributed by atoms with E-state index >= 15 is 0 Å². The number of methoxy groups -OCH3 is 1. The molecule has 2 aromatic rings. The smallest absolute Gasteiger partial charge is 0.273 e. The highest BCUT2D eigenvalue weighted by Crippen LogP contribution is 2.43. The lowest BCUT2D eigenvalue weighted by Crippen LogP contribution is -2.62. The van der Waals surface area contributed by atoms with Crippen LogP contribution in [0.1, 0.15) is 16.9 Å². The maximum absolute atomic E-state index is 12.5. The molecule has 4 rings (SSSR count). The summed E-state index contributed by atoms with van der Waals surface area (Å²) in [7, 11) is 1.67. The Morgan fingerprint density at radius 1 is 1.38 bits per heavy atom. The minimum atomic E-state index is -0.211. The van der Waals surface area contributed by atoms with E-state index in [1.54, 1.807) is 13.2 Å². The van der Waals surface area contributed by atoms with E-state index in [9.17, 15) is 4.79 Å². The molecule has 1 amide bonds. The fourth-order valence-electron chi connectivity index (χ4n) is 3.78. The second kappa shape index (κ2) is 6.37. The number of rotatable bonds is 5. The second-order valence-electron chi connectivity index (χ2n) is 6.35. The van der Waals surface area contributed by atoms with Gasteiger partial charge in [-0.05, 0) is 6.42 Å². The van der Waals surface area contributed by atoms with Gasteiger partial charge < -0.3 is 19.3 Å². The standard InChI is InChI=1S/C18H20N2O4/c1-22-10-13-16(12-7-8-23-17(12)13)19-18(21)14-9-15(24-20-14)11-5-3-2-4-6-11/h2-6,9,12-13,16-17H,7-8,10H2,1H3,(H,19,21)/t12-,13+,16-,17-/m1/s1. The molecule has 6 nitrogen and oxygen atoms in total. The van der Waals surface area contributed by atoms with Crippen LogP contribution in [0.15, 0.2) is 40.9 Å². The molecular weight excluding hydrogens is 308 g/mol. The Kier molecular flexibility index (Phi) is 4.08. The van der Waals surface area contributed by atoms with Gasteiger partial charge in [0.1, 0.15) is 0 Å². The summed E-state index contributed by atoms with van der Waals surface area (Å²) in [6.45, 7) is 1.34. The van der Waals surface area contributed by atoms with Crippen molar-refractivity contribution in [1.82, 2.24) is 10.5 Å². The number of ether oxygens (including phenoxy) is 2. The second-order valence-corrected chi connectivity index (χ2v) is 6.35. The fourth-order valence-corrected chi connectivity index (χ4v) is 3.78. The van der Waals surface area contributed by atoms with E-state index < -0.39 is 0 Å². The van der Waals surface area contributed by atoms with Gasteiger partial charge in [0.2, 0.25) is 0 Å². The predicted molar refractivity (Wildman–Crippen MR) is 86.4 cm³/mol. The number of fused-ring (bicyclic) bond motifs is 1. The number of hydrogen-bond acceptors (Lipinski definition) is 5. The molecule has 6 heteroatoms. The predicted octanol–water partition coefficient (Wildman–Crippen LogP) is 2.12.